The Morgan fingerprint density at radius 1 is 0.365 bits per heavy atom. The third-order valence-electron chi connectivity index (χ3n) is 15.0. The molecule has 104 heavy (non-hydrogen) atoms. The van der Waals surface area contributed by atoms with Gasteiger partial charge in [0.25, 0.3) is 0 Å². The van der Waals surface area contributed by atoms with E-state index in [1.165, 1.54) is 54.1 Å². The predicted octanol–water partition coefficient (Wildman–Crippen LogP) is 18.3. The molecule has 0 amide bonds. The van der Waals surface area contributed by atoms with Gasteiger partial charge < -0.3 is 14.9 Å². The summed E-state index contributed by atoms with van der Waals surface area (Å²) in [7, 11) is 7.39. The van der Waals surface area contributed by atoms with Crippen LogP contribution in [0.5, 0.6) is 0 Å². The fourth-order valence-corrected chi connectivity index (χ4v) is 15.2. The van der Waals surface area contributed by atoms with Crippen LogP contribution in [0.1, 0.15) is 29.7 Å². The molecule has 9 nitrogen and oxygen atoms in total. The maximum atomic E-state index is 8.70. The van der Waals surface area contributed by atoms with Crippen LogP contribution in [0.4, 0.5) is 0 Å². The fourth-order valence-electron chi connectivity index (χ4n) is 10.5. The molecule has 0 unspecified atom stereocenters. The number of halogens is 3. The summed E-state index contributed by atoms with van der Waals surface area (Å²) >= 11 is 5.95. The smallest absolute Gasteiger partial charge is 0 e. The first-order valence-corrected chi connectivity index (χ1v) is 39.0. The van der Waals surface area contributed by atoms with E-state index in [1.54, 1.807) is 30.5 Å². The van der Waals surface area contributed by atoms with Crippen molar-refractivity contribution in [2.45, 2.75) is 35.1 Å². The Hall–Kier alpha value is -7.39. The van der Waals surface area contributed by atoms with Crippen molar-refractivity contribution in [1.29, 1.82) is 0 Å². The second-order valence-corrected chi connectivity index (χ2v) is 29.6. The molecule has 12 aromatic carbocycles. The maximum Gasteiger partial charge on any atom is 0 e. The van der Waals surface area contributed by atoms with E-state index >= 15 is 0 Å². The van der Waals surface area contributed by atoms with Crippen LogP contribution >= 0.6 is 46.5 Å². The van der Waals surface area contributed by atoms with Crippen molar-refractivity contribution < 1.29 is 40.9 Å². The summed E-state index contributed by atoms with van der Waals surface area (Å²) in [6, 6.07) is 117. The van der Waals surface area contributed by atoms with Gasteiger partial charge in [-0.25, -0.2) is 15.2 Å². The van der Waals surface area contributed by atoms with Crippen molar-refractivity contribution in [2.24, 2.45) is 0 Å². The van der Waals surface area contributed by atoms with Crippen LogP contribution in [0.2, 0.25) is 5.15 Å². The number of nitrogens with zero attached hydrogens (tertiary/aromatic N) is 4. The largest absolute Gasteiger partial charge is 0.0622 e. The molecule has 0 bridgehead atoms. The van der Waals surface area contributed by atoms with E-state index in [0.717, 1.165) is 56.3 Å². The summed E-state index contributed by atoms with van der Waals surface area (Å²) in [4.78, 5) is 30.4. The molecule has 0 aliphatic rings. The predicted molar refractivity (Wildman–Crippen MR) is 441 cm³/mol. The molecule has 14 rings (SSSR count). The van der Waals surface area contributed by atoms with Crippen molar-refractivity contribution in [3.8, 4) is 56.3 Å². The number of hydrogen-bond acceptors (Lipinski definition) is 9. The minimum absolute atomic E-state index is 0. The second-order valence-electron chi connectivity index (χ2n) is 22.4. The summed E-state index contributed by atoms with van der Waals surface area (Å²) in [5.41, 5.74) is 15.1. The van der Waals surface area contributed by atoms with E-state index < -0.39 is 23.0 Å². The number of carbonyl (C=O) groups is 1. The molecule has 3 N–H and O–H groups in total. The molecule has 2 radical (unpaired) electrons. The van der Waals surface area contributed by atoms with Crippen molar-refractivity contribution in [1.82, 2.24) is 19.9 Å². The first-order chi connectivity index (χ1) is 49.4. The molecule has 2 heterocycles. The summed E-state index contributed by atoms with van der Waals surface area (Å²) in [6.45, 7) is 8.26. The van der Waals surface area contributed by atoms with Gasteiger partial charge in [-0.05, 0) is 105 Å². The van der Waals surface area contributed by atoms with Crippen LogP contribution < -0.4 is 37.3 Å². The number of carbonyl (C=O) groups excluding carboxylic acids is 1. The van der Waals surface area contributed by atoms with Gasteiger partial charge in [-0.3, -0.25) is 14.8 Å². The average molecular weight is 1580 g/mol. The Labute approximate surface area is 681 Å². The molecule has 0 aliphatic carbocycles. The third-order valence-corrected chi connectivity index (χ3v) is 20.0. The van der Waals surface area contributed by atoms with Crippen molar-refractivity contribution in [3.63, 3.8) is 0 Å². The van der Waals surface area contributed by atoms with E-state index in [9.17, 15) is 0 Å². The Morgan fingerprint density at radius 2 is 0.606 bits per heavy atom. The molecule has 0 spiro atoms. The van der Waals surface area contributed by atoms with Gasteiger partial charge in [0.1, 0.15) is 5.15 Å². The minimum atomic E-state index is -1.34. The zero-order chi connectivity index (χ0) is 71.4. The van der Waals surface area contributed by atoms with Gasteiger partial charge >= 0.3 is 48.6 Å². The molecule has 518 valence electrons. The molecule has 0 saturated heterocycles. The quantitative estimate of drug-likeness (QED) is 0.0339. The normalized spacial score (nSPS) is 9.88. The minimum Gasteiger partial charge on any atom is -0.0622 e. The Morgan fingerprint density at radius 3 is 0.865 bits per heavy atom. The summed E-state index contributed by atoms with van der Waals surface area (Å²) in [5, 5.41) is 33.0. The second kappa shape index (κ2) is 48.7. The molecule has 18 heteroatoms. The monoisotopic (exact) mass is 1580 g/mol. The number of aromatic nitrogens is 4. The van der Waals surface area contributed by atoms with E-state index in [0.29, 0.717) is 10.6 Å². The topological polar surface area (TPSA) is 139 Å². The molecule has 2 aromatic heterocycles. The zero-order valence-corrected chi connectivity index (χ0v) is 67.5. The van der Waals surface area contributed by atoms with E-state index in [1.807, 2.05) is 54.7 Å². The molecule has 14 aromatic rings. The van der Waals surface area contributed by atoms with E-state index in [-0.39, 0.29) is 89.0 Å². The summed E-state index contributed by atoms with van der Waals surface area (Å²) < 4.78 is 0. The van der Waals surface area contributed by atoms with Gasteiger partial charge in [-0.15, -0.1) is 0 Å². The SMILES string of the molecule is C.Cc1cccc(-c2ncc(-c3ccccc3)nc2-c2cccc(C)c2)c1.Cc1cccc(-c2ncc(Cl)nc2-c2cccc(C)c2)c1.O=COO.OB(O)c1ccccc1.[Cl][Pd][Cl].[Na].[Na].c1ccc(P(c2ccccc2)c2ccccc2)cc1.c1ccc(P(c2ccccc2)c2ccccc2)cc1. The number of rotatable bonds is 13. The van der Waals surface area contributed by atoms with Crippen LogP contribution in [0.3, 0.4) is 0 Å². The Balaban J connectivity index is 0.000000232. The molecule has 0 fully saturated rings. The number of benzene rings is 12. The van der Waals surface area contributed by atoms with Crippen molar-refractivity contribution >= 4 is 156 Å². The molecular weight excluding hydrogens is 1500 g/mol. The molecule has 0 saturated carbocycles. The average Bonchev–Trinajstić information content (AvgIpc) is 0.796. The number of aryl methyl sites for hydroxylation is 4. The van der Waals surface area contributed by atoms with E-state index in [4.69, 9.17) is 60.7 Å². The van der Waals surface area contributed by atoms with Crippen molar-refractivity contribution in [3.05, 3.63) is 380 Å². The molecule has 0 atom stereocenters. The standard InChI is InChI=1S/C24H20N2.C18H15ClN2.2C18H15P.C6H7BO2.CH2O3.CH4.2ClH.2Na.Pd/c1-17-8-6-12-20(14-17)23-24(21-13-7-9-18(2)15-21)26-22(16-25-23)19-10-4-3-5-11-19;1-12-5-3-7-14(9-12)17-18(21-16(19)11-20-17)15-8-4-6-13(2)10-15;2*1-4-10-16(11-5-1)19(17-12-6-2-7-13-17)18-14-8-3-9-15-18;8-7(9)6-4-2-1-3-5-6;2-1-4-3;;;;;;/h3-16H,1-2H3;3-11H,1-2H3;2*1-15H;1-5,8-9H;1,3H;1H4;2*1H;;;/q;;;;;;;;;;;+2/p-2. The van der Waals surface area contributed by atoms with Gasteiger partial charge in [0.15, 0.2) is 0 Å². The van der Waals surface area contributed by atoms with Crippen molar-refractivity contribution in [2.75, 3.05) is 0 Å². The van der Waals surface area contributed by atoms with Crippen LogP contribution in [0.25, 0.3) is 56.3 Å². The fraction of sp³-hybridized carbons (Fsp3) is 0.0581. The Kier molecular flexibility index (Phi) is 40.8. The number of hydrogen-bond donors (Lipinski definition) is 3. The maximum absolute atomic E-state index is 8.70. The van der Waals surface area contributed by atoms with Crippen LogP contribution in [0, 0.1) is 27.7 Å². The first kappa shape index (κ1) is 87.2. The van der Waals surface area contributed by atoms with Gasteiger partial charge in [0, 0.05) is 86.9 Å². The van der Waals surface area contributed by atoms with Crippen LogP contribution in [-0.2, 0) is 25.6 Å². The van der Waals surface area contributed by atoms with Gasteiger partial charge in [0.05, 0.1) is 40.9 Å². The van der Waals surface area contributed by atoms with Crippen LogP contribution in [-0.4, -0.2) is 108 Å². The van der Waals surface area contributed by atoms with Crippen LogP contribution in [0.15, 0.2) is 352 Å². The zero-order valence-electron chi connectivity index (χ0n) is 57.9. The first-order valence-electron chi connectivity index (χ1n) is 32.0. The van der Waals surface area contributed by atoms with Gasteiger partial charge in [0.2, 0.25) is 0 Å². The molecule has 0 aliphatic heterocycles. The van der Waals surface area contributed by atoms with Gasteiger partial charge in [-0.2, -0.15) is 0 Å². The van der Waals surface area contributed by atoms with Gasteiger partial charge in [-0.1, -0.05) is 357 Å². The van der Waals surface area contributed by atoms with E-state index in [2.05, 4.69) is 309 Å². The third kappa shape index (κ3) is 28.1. The molecular formula is C86H78BCl3N4Na2O5P2Pd. The Bertz CT molecular complexity index is 4420. The summed E-state index contributed by atoms with van der Waals surface area (Å²) in [6.07, 6.45) is 3.46. The summed E-state index contributed by atoms with van der Waals surface area (Å²) in [5.74, 6) is 0.